The summed E-state index contributed by atoms with van der Waals surface area (Å²) in [6.07, 6.45) is 4.48. The van der Waals surface area contributed by atoms with Gasteiger partial charge in [-0.2, -0.15) is 4.73 Å². The SMILES string of the molecule is O=C(NC1CCN(Cc2ccc(Cl)cc2)CC1)c1ccc[n+]([O-])c1. The van der Waals surface area contributed by atoms with E-state index in [1.807, 2.05) is 24.3 Å². The van der Waals surface area contributed by atoms with Crippen molar-refractivity contribution < 1.29 is 9.52 Å². The van der Waals surface area contributed by atoms with Crippen molar-refractivity contribution in [2.24, 2.45) is 0 Å². The van der Waals surface area contributed by atoms with Crippen LogP contribution in [0.25, 0.3) is 0 Å². The number of amides is 1. The van der Waals surface area contributed by atoms with Gasteiger partial charge in [0.2, 0.25) is 0 Å². The molecule has 1 aromatic heterocycles. The number of carbonyl (C=O) groups is 1. The summed E-state index contributed by atoms with van der Waals surface area (Å²) in [5.74, 6) is -0.184. The molecule has 2 aromatic rings. The maximum atomic E-state index is 12.2. The highest BCUT2D eigenvalue weighted by Crippen LogP contribution is 2.16. The Hall–Kier alpha value is -2.11. The average Bonchev–Trinajstić information content (AvgIpc) is 2.59. The molecule has 0 bridgehead atoms. The molecule has 0 unspecified atom stereocenters. The molecule has 0 radical (unpaired) electrons. The van der Waals surface area contributed by atoms with Gasteiger partial charge in [-0.1, -0.05) is 23.7 Å². The molecule has 0 atom stereocenters. The summed E-state index contributed by atoms with van der Waals surface area (Å²) in [6, 6.07) is 11.3. The molecule has 0 saturated carbocycles. The number of hydrogen-bond donors (Lipinski definition) is 1. The molecule has 2 heterocycles. The number of likely N-dealkylation sites (tertiary alicyclic amines) is 1. The Bertz CT molecular complexity index is 698. The summed E-state index contributed by atoms with van der Waals surface area (Å²) in [5.41, 5.74) is 1.64. The molecule has 1 N–H and O–H groups in total. The van der Waals surface area contributed by atoms with Crippen LogP contribution in [-0.4, -0.2) is 29.9 Å². The fraction of sp³-hybridized carbons (Fsp3) is 0.333. The predicted octanol–water partition coefficient (Wildman–Crippen LogP) is 2.37. The van der Waals surface area contributed by atoms with Gasteiger partial charge in [0.25, 0.3) is 5.91 Å². The number of halogens is 1. The van der Waals surface area contributed by atoms with Crippen molar-refractivity contribution in [3.05, 3.63) is 70.1 Å². The number of nitrogens with one attached hydrogen (secondary N) is 1. The lowest BCUT2D eigenvalue weighted by molar-refractivity contribution is -0.605. The Morgan fingerprint density at radius 3 is 2.62 bits per heavy atom. The summed E-state index contributed by atoms with van der Waals surface area (Å²) in [5, 5.41) is 15.0. The highest BCUT2D eigenvalue weighted by atomic mass is 35.5. The largest absolute Gasteiger partial charge is 0.619 e. The van der Waals surface area contributed by atoms with Gasteiger partial charge >= 0.3 is 0 Å². The van der Waals surface area contributed by atoms with Crippen LogP contribution < -0.4 is 10.0 Å². The molecule has 24 heavy (non-hydrogen) atoms. The molecule has 1 aliphatic rings. The van der Waals surface area contributed by atoms with Crippen LogP contribution in [0.5, 0.6) is 0 Å². The van der Waals surface area contributed by atoms with Gasteiger partial charge in [0.05, 0.1) is 0 Å². The predicted molar refractivity (Wildman–Crippen MR) is 92.6 cm³/mol. The van der Waals surface area contributed by atoms with Gasteiger partial charge in [-0.25, -0.2) is 0 Å². The van der Waals surface area contributed by atoms with E-state index in [1.165, 1.54) is 18.0 Å². The Kier molecular flexibility index (Phi) is 5.33. The van der Waals surface area contributed by atoms with Crippen molar-refractivity contribution in [1.82, 2.24) is 10.2 Å². The first-order chi connectivity index (χ1) is 11.6. The third-order valence-corrected chi connectivity index (χ3v) is 4.53. The summed E-state index contributed by atoms with van der Waals surface area (Å²) in [6.45, 7) is 2.76. The molecule has 1 saturated heterocycles. The van der Waals surface area contributed by atoms with E-state index in [1.54, 1.807) is 12.1 Å². The van der Waals surface area contributed by atoms with Gasteiger partial charge in [0, 0.05) is 36.8 Å². The van der Waals surface area contributed by atoms with E-state index in [-0.39, 0.29) is 11.9 Å². The molecule has 1 aliphatic heterocycles. The Morgan fingerprint density at radius 1 is 1.25 bits per heavy atom. The Morgan fingerprint density at radius 2 is 1.96 bits per heavy atom. The molecule has 1 aromatic carbocycles. The van der Waals surface area contributed by atoms with Gasteiger partial charge in [0.1, 0.15) is 5.56 Å². The van der Waals surface area contributed by atoms with E-state index in [0.717, 1.165) is 37.5 Å². The second-order valence-corrected chi connectivity index (χ2v) is 6.54. The van der Waals surface area contributed by atoms with Crippen LogP contribution in [0.1, 0.15) is 28.8 Å². The van der Waals surface area contributed by atoms with Crippen molar-refractivity contribution in [2.75, 3.05) is 13.1 Å². The van der Waals surface area contributed by atoms with Gasteiger partial charge in [-0.3, -0.25) is 9.69 Å². The zero-order valence-electron chi connectivity index (χ0n) is 13.3. The topological polar surface area (TPSA) is 59.3 Å². The van der Waals surface area contributed by atoms with Crippen molar-refractivity contribution in [2.45, 2.75) is 25.4 Å². The second-order valence-electron chi connectivity index (χ2n) is 6.10. The van der Waals surface area contributed by atoms with E-state index in [4.69, 9.17) is 11.6 Å². The number of nitrogens with zero attached hydrogens (tertiary/aromatic N) is 2. The summed E-state index contributed by atoms with van der Waals surface area (Å²) in [7, 11) is 0. The summed E-state index contributed by atoms with van der Waals surface area (Å²) < 4.78 is 0.642. The molecule has 1 amide bonds. The monoisotopic (exact) mass is 345 g/mol. The lowest BCUT2D eigenvalue weighted by atomic mass is 10.0. The van der Waals surface area contributed by atoms with Crippen LogP contribution in [-0.2, 0) is 6.54 Å². The summed E-state index contributed by atoms with van der Waals surface area (Å²) >= 11 is 5.91. The molecule has 3 rings (SSSR count). The van der Waals surface area contributed by atoms with Crippen molar-refractivity contribution in [3.8, 4) is 0 Å². The van der Waals surface area contributed by atoms with Crippen LogP contribution in [0, 0.1) is 5.21 Å². The Balaban J connectivity index is 1.48. The highest BCUT2D eigenvalue weighted by molar-refractivity contribution is 6.30. The molecule has 1 fully saturated rings. The maximum Gasteiger partial charge on any atom is 0.257 e. The Labute approximate surface area is 146 Å². The van der Waals surface area contributed by atoms with Gasteiger partial charge in [0.15, 0.2) is 12.4 Å². The smallest absolute Gasteiger partial charge is 0.257 e. The minimum absolute atomic E-state index is 0.152. The fourth-order valence-corrected chi connectivity index (χ4v) is 3.07. The minimum atomic E-state index is -0.184. The molecule has 0 spiro atoms. The molecule has 0 aliphatic carbocycles. The fourth-order valence-electron chi connectivity index (χ4n) is 2.94. The lowest BCUT2D eigenvalue weighted by Gasteiger charge is -2.32. The first kappa shape index (κ1) is 16.7. The molecular formula is C18H20ClN3O2. The third-order valence-electron chi connectivity index (χ3n) is 4.28. The van der Waals surface area contributed by atoms with E-state index < -0.39 is 0 Å². The number of aromatic nitrogens is 1. The normalized spacial score (nSPS) is 16.0. The molecule has 6 heteroatoms. The number of carbonyl (C=O) groups excluding carboxylic acids is 1. The number of rotatable bonds is 4. The van der Waals surface area contributed by atoms with Crippen LogP contribution in [0.4, 0.5) is 0 Å². The highest BCUT2D eigenvalue weighted by Gasteiger charge is 2.21. The van der Waals surface area contributed by atoms with Crippen molar-refractivity contribution >= 4 is 17.5 Å². The minimum Gasteiger partial charge on any atom is -0.619 e. The quantitative estimate of drug-likeness (QED) is 0.683. The van der Waals surface area contributed by atoms with Crippen LogP contribution in [0.3, 0.4) is 0 Å². The maximum absolute atomic E-state index is 12.2. The van der Waals surface area contributed by atoms with E-state index in [0.29, 0.717) is 10.3 Å². The average molecular weight is 346 g/mol. The summed E-state index contributed by atoms with van der Waals surface area (Å²) in [4.78, 5) is 14.6. The standard InChI is InChI=1S/C18H20ClN3O2/c19-16-5-3-14(4-6-16)12-21-10-7-17(8-11-21)20-18(23)15-2-1-9-22(24)13-15/h1-6,9,13,17H,7-8,10-12H2,(H,20,23). The number of pyridine rings is 1. The van der Waals surface area contributed by atoms with Gasteiger partial charge in [-0.15, -0.1) is 0 Å². The lowest BCUT2D eigenvalue weighted by Crippen LogP contribution is -2.44. The first-order valence-corrected chi connectivity index (χ1v) is 8.44. The number of hydrogen-bond acceptors (Lipinski definition) is 3. The second kappa shape index (κ2) is 7.64. The van der Waals surface area contributed by atoms with Gasteiger partial charge in [-0.05, 0) is 36.6 Å². The number of benzene rings is 1. The first-order valence-electron chi connectivity index (χ1n) is 8.06. The van der Waals surface area contributed by atoms with Gasteiger partial charge < -0.3 is 10.5 Å². The van der Waals surface area contributed by atoms with Crippen LogP contribution >= 0.6 is 11.6 Å². The van der Waals surface area contributed by atoms with Crippen molar-refractivity contribution in [1.29, 1.82) is 0 Å². The van der Waals surface area contributed by atoms with E-state index in [2.05, 4.69) is 10.2 Å². The molecular weight excluding hydrogens is 326 g/mol. The zero-order chi connectivity index (χ0) is 16.9. The zero-order valence-corrected chi connectivity index (χ0v) is 14.1. The van der Waals surface area contributed by atoms with Crippen LogP contribution in [0.2, 0.25) is 5.02 Å². The third kappa shape index (κ3) is 4.46. The molecule has 5 nitrogen and oxygen atoms in total. The van der Waals surface area contributed by atoms with E-state index >= 15 is 0 Å². The molecule has 126 valence electrons. The van der Waals surface area contributed by atoms with Crippen LogP contribution in [0.15, 0.2) is 48.8 Å². The van der Waals surface area contributed by atoms with Crippen molar-refractivity contribution in [3.63, 3.8) is 0 Å². The number of piperidine rings is 1. The van der Waals surface area contributed by atoms with E-state index in [9.17, 15) is 10.0 Å².